The van der Waals surface area contributed by atoms with Crippen molar-refractivity contribution >= 4 is 25.9 Å². The number of amides is 1. The third kappa shape index (κ3) is 3.69. The van der Waals surface area contributed by atoms with Crippen molar-refractivity contribution in [3.8, 4) is 11.5 Å². The molecule has 1 atom stereocenters. The van der Waals surface area contributed by atoms with Gasteiger partial charge in [-0.15, -0.1) is 0 Å². The highest BCUT2D eigenvalue weighted by Crippen LogP contribution is 2.56. The van der Waals surface area contributed by atoms with Crippen molar-refractivity contribution in [1.82, 2.24) is 0 Å². The third-order valence-electron chi connectivity index (χ3n) is 7.42. The summed E-state index contributed by atoms with van der Waals surface area (Å²) in [5.41, 5.74) is 2.15. The summed E-state index contributed by atoms with van der Waals surface area (Å²) < 4.78 is 22.9. The molecule has 1 amide bonds. The first kappa shape index (κ1) is 23.6. The van der Waals surface area contributed by atoms with Crippen molar-refractivity contribution in [2.75, 3.05) is 25.4 Å². The molecule has 0 saturated heterocycles. The van der Waals surface area contributed by atoms with Crippen LogP contribution in [0.1, 0.15) is 46.1 Å². The Balaban J connectivity index is 1.84. The van der Waals surface area contributed by atoms with Gasteiger partial charge in [-0.1, -0.05) is 33.8 Å². The average Bonchev–Trinajstić information content (AvgIpc) is 3.30. The number of hydrogen-bond acceptors (Lipinski definition) is 6. The van der Waals surface area contributed by atoms with E-state index in [1.54, 1.807) is 12.1 Å². The summed E-state index contributed by atoms with van der Waals surface area (Å²) in [6.45, 7) is 13.7. The molecule has 7 nitrogen and oxygen atoms in total. The number of methoxy groups -OCH3 is 1. The molecule has 0 bridgehead atoms. The summed E-state index contributed by atoms with van der Waals surface area (Å²) in [7, 11) is -0.645. The first-order valence-electron chi connectivity index (χ1n) is 11.4. The summed E-state index contributed by atoms with van der Waals surface area (Å²) >= 11 is 0. The van der Waals surface area contributed by atoms with Crippen molar-refractivity contribution in [2.45, 2.75) is 64.1 Å². The van der Waals surface area contributed by atoms with Crippen LogP contribution in [0.25, 0.3) is 0 Å². The van der Waals surface area contributed by atoms with Crippen LogP contribution in [0.5, 0.6) is 11.5 Å². The van der Waals surface area contributed by atoms with E-state index in [0.717, 1.165) is 11.1 Å². The second kappa shape index (κ2) is 8.02. The summed E-state index contributed by atoms with van der Waals surface area (Å²) in [4.78, 5) is 27.3. The molecule has 1 aromatic rings. The van der Waals surface area contributed by atoms with E-state index in [-0.39, 0.29) is 17.6 Å². The minimum atomic E-state index is -1.99. The number of allylic oxidation sites excluding steroid dienone is 3. The second-order valence-electron chi connectivity index (χ2n) is 10.3. The number of ether oxygens (including phenoxy) is 3. The number of rotatable bonds is 5. The molecule has 0 fully saturated rings. The highest BCUT2D eigenvalue weighted by Gasteiger charge is 2.52. The molecular weight excluding hydrogens is 438 g/mol. The van der Waals surface area contributed by atoms with E-state index in [1.165, 1.54) is 12.0 Å². The van der Waals surface area contributed by atoms with Gasteiger partial charge in [0.05, 0.1) is 18.2 Å². The minimum absolute atomic E-state index is 0.0773. The van der Waals surface area contributed by atoms with Crippen LogP contribution in [0.4, 0.5) is 10.5 Å². The van der Waals surface area contributed by atoms with Crippen LogP contribution in [-0.2, 0) is 19.4 Å². The van der Waals surface area contributed by atoms with Gasteiger partial charge in [-0.05, 0) is 48.2 Å². The zero-order chi connectivity index (χ0) is 24.2. The predicted molar refractivity (Wildman–Crippen MR) is 128 cm³/mol. The van der Waals surface area contributed by atoms with Gasteiger partial charge in [0.2, 0.25) is 6.79 Å². The fraction of sp³-hybridized carbons (Fsp3) is 0.520. The number of hydrogen-bond donors (Lipinski definition) is 0. The minimum Gasteiger partial charge on any atom is -0.454 e. The molecule has 8 heteroatoms. The second-order valence-corrected chi connectivity index (χ2v) is 15.1. The molecule has 1 unspecified atom stereocenters. The standard InChI is InChI=1S/C25H33NO6Si/c1-8-16-14-25(9-10-32-33(6,7)24(2,3)4)17-11-20-21(31-15-30-20)12-18(17)26(23(28)29-5)22(25)13-19(16)27/h11-14H,8-10,15H2,1-7H3. The molecule has 33 heavy (non-hydrogen) atoms. The first-order valence-corrected chi connectivity index (χ1v) is 14.3. The molecule has 0 radical (unpaired) electrons. The molecule has 0 N–H and O–H groups in total. The van der Waals surface area contributed by atoms with Gasteiger partial charge >= 0.3 is 6.09 Å². The summed E-state index contributed by atoms with van der Waals surface area (Å²) in [6, 6.07) is 3.73. The van der Waals surface area contributed by atoms with E-state index < -0.39 is 19.8 Å². The zero-order valence-electron chi connectivity index (χ0n) is 20.5. The van der Waals surface area contributed by atoms with E-state index >= 15 is 0 Å². The molecule has 1 aliphatic carbocycles. The molecule has 1 aromatic carbocycles. The topological polar surface area (TPSA) is 74.3 Å². The normalized spacial score (nSPS) is 21.4. The Hall–Kier alpha value is -2.58. The molecule has 2 aliphatic heterocycles. The van der Waals surface area contributed by atoms with Gasteiger partial charge < -0.3 is 18.6 Å². The smallest absolute Gasteiger partial charge is 0.418 e. The van der Waals surface area contributed by atoms with Gasteiger partial charge in [0.25, 0.3) is 0 Å². The van der Waals surface area contributed by atoms with Gasteiger partial charge in [-0.2, -0.15) is 0 Å². The Morgan fingerprint density at radius 1 is 1.21 bits per heavy atom. The van der Waals surface area contributed by atoms with Gasteiger partial charge in [0.1, 0.15) is 0 Å². The molecule has 0 saturated carbocycles. The van der Waals surface area contributed by atoms with Crippen molar-refractivity contribution < 1.29 is 28.2 Å². The van der Waals surface area contributed by atoms with Crippen LogP contribution >= 0.6 is 0 Å². The molecule has 2 heterocycles. The van der Waals surface area contributed by atoms with E-state index in [0.29, 0.717) is 42.3 Å². The fourth-order valence-corrected chi connectivity index (χ4v) is 5.50. The summed E-state index contributed by atoms with van der Waals surface area (Å²) in [5.74, 6) is 1.11. The Kier molecular flexibility index (Phi) is 5.73. The lowest BCUT2D eigenvalue weighted by molar-refractivity contribution is -0.111. The lowest BCUT2D eigenvalue weighted by atomic mass is 9.72. The predicted octanol–water partition coefficient (Wildman–Crippen LogP) is 5.45. The lowest BCUT2D eigenvalue weighted by Gasteiger charge is -2.38. The Bertz CT molecular complexity index is 1070. The van der Waals surface area contributed by atoms with Crippen LogP contribution in [0.2, 0.25) is 18.1 Å². The van der Waals surface area contributed by atoms with Crippen LogP contribution in [0.15, 0.2) is 35.6 Å². The van der Waals surface area contributed by atoms with Crippen LogP contribution in [-0.4, -0.2) is 40.7 Å². The van der Waals surface area contributed by atoms with Gasteiger partial charge in [0.15, 0.2) is 25.6 Å². The van der Waals surface area contributed by atoms with Crippen LogP contribution in [0, 0.1) is 0 Å². The maximum absolute atomic E-state index is 12.9. The third-order valence-corrected chi connectivity index (χ3v) is 12.0. The zero-order valence-corrected chi connectivity index (χ0v) is 21.5. The van der Waals surface area contributed by atoms with E-state index in [2.05, 4.69) is 33.9 Å². The van der Waals surface area contributed by atoms with Crippen molar-refractivity contribution in [2.24, 2.45) is 0 Å². The van der Waals surface area contributed by atoms with Gasteiger partial charge in [-0.25, -0.2) is 9.69 Å². The highest BCUT2D eigenvalue weighted by molar-refractivity contribution is 6.74. The Labute approximate surface area is 196 Å². The number of nitrogens with zero attached hydrogens (tertiary/aromatic N) is 1. The Morgan fingerprint density at radius 3 is 2.48 bits per heavy atom. The van der Waals surface area contributed by atoms with Crippen LogP contribution < -0.4 is 14.4 Å². The largest absolute Gasteiger partial charge is 0.454 e. The number of fused-ring (bicyclic) bond motifs is 4. The van der Waals surface area contributed by atoms with Crippen LogP contribution in [0.3, 0.4) is 0 Å². The average molecular weight is 472 g/mol. The number of benzene rings is 1. The first-order chi connectivity index (χ1) is 15.4. The lowest BCUT2D eigenvalue weighted by Crippen LogP contribution is -2.43. The van der Waals surface area contributed by atoms with E-state index in [1.807, 2.05) is 19.1 Å². The molecule has 0 spiro atoms. The number of anilines is 1. The maximum atomic E-state index is 12.9. The molecule has 3 aliphatic rings. The SMILES string of the molecule is CCC1=CC2(CCO[Si](C)(C)C(C)(C)C)C(=CC1=O)N(C(=O)OC)c1cc3c(cc12)OCO3. The fourth-order valence-electron chi connectivity index (χ4n) is 4.45. The molecule has 4 rings (SSSR count). The Morgan fingerprint density at radius 2 is 1.88 bits per heavy atom. The van der Waals surface area contributed by atoms with Gasteiger partial charge in [0, 0.05) is 24.4 Å². The number of ketones is 1. The monoisotopic (exact) mass is 471 g/mol. The molecular formula is C25H33NO6Si. The molecule has 0 aromatic heterocycles. The summed E-state index contributed by atoms with van der Waals surface area (Å²) in [5, 5.41) is 0.0773. The van der Waals surface area contributed by atoms with Crippen molar-refractivity contribution in [3.63, 3.8) is 0 Å². The quantitative estimate of drug-likeness (QED) is 0.531. The number of carbonyl (C=O) groups excluding carboxylic acids is 2. The highest BCUT2D eigenvalue weighted by atomic mass is 28.4. The van der Waals surface area contributed by atoms with Crippen molar-refractivity contribution in [1.29, 1.82) is 0 Å². The van der Waals surface area contributed by atoms with Gasteiger partial charge in [-0.3, -0.25) is 4.79 Å². The molecule has 178 valence electrons. The maximum Gasteiger partial charge on any atom is 0.418 e. The van der Waals surface area contributed by atoms with E-state index in [9.17, 15) is 9.59 Å². The number of carbonyl (C=O) groups is 2. The van der Waals surface area contributed by atoms with E-state index in [4.69, 9.17) is 18.6 Å². The summed E-state index contributed by atoms with van der Waals surface area (Å²) in [6.07, 6.45) is 4.24. The van der Waals surface area contributed by atoms with Crippen molar-refractivity contribution in [3.05, 3.63) is 41.1 Å².